The third-order valence-corrected chi connectivity index (χ3v) is 3.54. The van der Waals surface area contributed by atoms with Crippen LogP contribution in [0.25, 0.3) is 0 Å². The number of carbonyl (C=O) groups is 1. The van der Waals surface area contributed by atoms with E-state index in [2.05, 4.69) is 26.2 Å². The lowest BCUT2D eigenvalue weighted by atomic mass is 10.2. The van der Waals surface area contributed by atoms with Gasteiger partial charge in [0.25, 0.3) is 6.04 Å². The van der Waals surface area contributed by atoms with Crippen LogP contribution in [0.4, 0.5) is 0 Å². The molecule has 0 fully saturated rings. The highest BCUT2D eigenvalue weighted by Gasteiger charge is 2.24. The molecule has 1 rings (SSSR count). The standard InChI is InChI=1S/C8H9BrN2O5S/c9-5-1-7(17-4-5)6(11(14)15)2-10-16-3-8(12)13/h1,4,6,10H,2-3H2,(H,12,13). The van der Waals surface area contributed by atoms with Crippen LogP contribution in [0.5, 0.6) is 0 Å². The first-order chi connectivity index (χ1) is 8.00. The number of hydroxylamine groups is 1. The lowest BCUT2D eigenvalue weighted by Gasteiger charge is -2.08. The summed E-state index contributed by atoms with van der Waals surface area (Å²) in [5.41, 5.74) is 2.27. The fourth-order valence-electron chi connectivity index (χ4n) is 1.03. The molecule has 0 aliphatic heterocycles. The van der Waals surface area contributed by atoms with Crippen LogP contribution >= 0.6 is 27.3 Å². The van der Waals surface area contributed by atoms with Crippen molar-refractivity contribution in [3.05, 3.63) is 30.9 Å². The number of thiophene rings is 1. The second-order valence-electron chi connectivity index (χ2n) is 3.00. The van der Waals surface area contributed by atoms with Gasteiger partial charge in [0.1, 0.15) is 0 Å². The van der Waals surface area contributed by atoms with Crippen LogP contribution in [-0.2, 0) is 9.63 Å². The number of nitro groups is 1. The van der Waals surface area contributed by atoms with Crippen molar-refractivity contribution < 1.29 is 19.7 Å². The van der Waals surface area contributed by atoms with Gasteiger partial charge in [0.15, 0.2) is 6.61 Å². The Morgan fingerprint density at radius 1 is 1.76 bits per heavy atom. The molecular formula is C8H9BrN2O5S. The molecule has 17 heavy (non-hydrogen) atoms. The zero-order valence-corrected chi connectivity index (χ0v) is 10.9. The van der Waals surface area contributed by atoms with Crippen LogP contribution in [0.15, 0.2) is 15.9 Å². The van der Waals surface area contributed by atoms with Crippen molar-refractivity contribution >= 4 is 33.2 Å². The first-order valence-electron chi connectivity index (χ1n) is 4.44. The highest BCUT2D eigenvalue weighted by molar-refractivity contribution is 9.10. The average molecular weight is 325 g/mol. The van der Waals surface area contributed by atoms with Crippen LogP contribution < -0.4 is 5.48 Å². The molecule has 2 N–H and O–H groups in total. The molecule has 1 heterocycles. The number of hydrogen-bond donors (Lipinski definition) is 2. The Balaban J connectivity index is 2.50. The third kappa shape index (κ3) is 4.77. The highest BCUT2D eigenvalue weighted by Crippen LogP contribution is 2.26. The Morgan fingerprint density at radius 2 is 2.47 bits per heavy atom. The van der Waals surface area contributed by atoms with E-state index in [1.165, 1.54) is 11.3 Å². The molecular weight excluding hydrogens is 316 g/mol. The number of nitrogens with zero attached hydrogens (tertiary/aromatic N) is 1. The van der Waals surface area contributed by atoms with Gasteiger partial charge in [-0.3, -0.25) is 15.0 Å². The van der Waals surface area contributed by atoms with Gasteiger partial charge in [0, 0.05) is 14.8 Å². The molecule has 0 aromatic carbocycles. The Hall–Kier alpha value is -1.03. The maximum Gasteiger partial charge on any atom is 0.331 e. The molecule has 9 heteroatoms. The number of carboxylic acids is 1. The van der Waals surface area contributed by atoms with Crippen LogP contribution in [-0.4, -0.2) is 29.2 Å². The van der Waals surface area contributed by atoms with Gasteiger partial charge < -0.3 is 5.11 Å². The molecule has 0 aliphatic rings. The van der Waals surface area contributed by atoms with Crippen LogP contribution in [0.2, 0.25) is 0 Å². The molecule has 94 valence electrons. The van der Waals surface area contributed by atoms with Gasteiger partial charge in [-0.25, -0.2) is 4.79 Å². The van der Waals surface area contributed by atoms with Crippen LogP contribution in [0.3, 0.4) is 0 Å². The molecule has 0 radical (unpaired) electrons. The average Bonchev–Trinajstić information content (AvgIpc) is 2.63. The maximum atomic E-state index is 10.8. The molecule has 0 bridgehead atoms. The normalized spacial score (nSPS) is 12.3. The van der Waals surface area contributed by atoms with Gasteiger partial charge >= 0.3 is 5.97 Å². The molecule has 1 aromatic rings. The van der Waals surface area contributed by atoms with Crippen molar-refractivity contribution in [2.24, 2.45) is 0 Å². The van der Waals surface area contributed by atoms with Gasteiger partial charge in [-0.1, -0.05) is 0 Å². The lowest BCUT2D eigenvalue weighted by molar-refractivity contribution is -0.527. The van der Waals surface area contributed by atoms with E-state index < -0.39 is 23.5 Å². The molecule has 7 nitrogen and oxygen atoms in total. The quantitative estimate of drug-likeness (QED) is 0.447. The Morgan fingerprint density at radius 3 is 2.94 bits per heavy atom. The van der Waals surface area contributed by atoms with E-state index >= 15 is 0 Å². The molecule has 0 spiro atoms. The predicted octanol–water partition coefficient (Wildman–Crippen LogP) is 1.43. The molecule has 0 saturated heterocycles. The van der Waals surface area contributed by atoms with Gasteiger partial charge in [-0.15, -0.1) is 11.3 Å². The van der Waals surface area contributed by atoms with E-state index in [0.29, 0.717) is 4.88 Å². The van der Waals surface area contributed by atoms with Gasteiger partial charge in [0.05, 0.1) is 11.4 Å². The first kappa shape index (κ1) is 14.0. The van der Waals surface area contributed by atoms with Gasteiger partial charge in [-0.05, 0) is 22.0 Å². The molecule has 1 atom stereocenters. The van der Waals surface area contributed by atoms with E-state index in [1.54, 1.807) is 11.4 Å². The lowest BCUT2D eigenvalue weighted by Crippen LogP contribution is -2.28. The minimum atomic E-state index is -1.14. The Labute approximate surface area is 109 Å². The van der Waals surface area contributed by atoms with E-state index in [1.807, 2.05) is 0 Å². The molecule has 1 aromatic heterocycles. The van der Waals surface area contributed by atoms with Crippen molar-refractivity contribution in [2.45, 2.75) is 6.04 Å². The van der Waals surface area contributed by atoms with Crippen molar-refractivity contribution in [1.29, 1.82) is 0 Å². The SMILES string of the molecule is O=C(O)CONCC(c1cc(Br)cs1)[N+](=O)[O-]. The summed E-state index contributed by atoms with van der Waals surface area (Å²) in [5.74, 6) is -1.14. The Bertz CT molecular complexity index is 410. The number of carboxylic acid groups (broad SMARTS) is 1. The summed E-state index contributed by atoms with van der Waals surface area (Å²) in [7, 11) is 0. The van der Waals surface area contributed by atoms with E-state index in [9.17, 15) is 14.9 Å². The number of halogens is 1. The number of aliphatic carboxylic acids is 1. The predicted molar refractivity (Wildman–Crippen MR) is 63.3 cm³/mol. The fourth-order valence-corrected chi connectivity index (χ4v) is 2.55. The highest BCUT2D eigenvalue weighted by atomic mass is 79.9. The second-order valence-corrected chi connectivity index (χ2v) is 4.86. The van der Waals surface area contributed by atoms with Crippen molar-refractivity contribution in [3.8, 4) is 0 Å². The summed E-state index contributed by atoms with van der Waals surface area (Å²) in [6.07, 6.45) is 0. The summed E-state index contributed by atoms with van der Waals surface area (Å²) >= 11 is 4.46. The number of hydrogen-bond acceptors (Lipinski definition) is 6. The van der Waals surface area contributed by atoms with Crippen molar-refractivity contribution in [2.75, 3.05) is 13.2 Å². The molecule has 0 aliphatic carbocycles. The Kier molecular flexibility index (Phi) is 5.48. The molecule has 1 unspecified atom stereocenters. The monoisotopic (exact) mass is 324 g/mol. The summed E-state index contributed by atoms with van der Waals surface area (Å²) < 4.78 is 0.774. The third-order valence-electron chi connectivity index (χ3n) is 1.75. The molecule has 0 amide bonds. The topological polar surface area (TPSA) is 102 Å². The zero-order chi connectivity index (χ0) is 12.8. The first-order valence-corrected chi connectivity index (χ1v) is 6.12. The number of rotatable bonds is 7. The van der Waals surface area contributed by atoms with E-state index in [-0.39, 0.29) is 6.54 Å². The minimum Gasteiger partial charge on any atom is -0.479 e. The zero-order valence-electron chi connectivity index (χ0n) is 8.46. The van der Waals surface area contributed by atoms with Gasteiger partial charge in [-0.2, -0.15) is 5.48 Å². The molecule has 0 saturated carbocycles. The minimum absolute atomic E-state index is 0.0900. The summed E-state index contributed by atoms with van der Waals surface area (Å²) in [6, 6.07) is 0.692. The maximum absolute atomic E-state index is 10.8. The van der Waals surface area contributed by atoms with Crippen LogP contribution in [0.1, 0.15) is 10.9 Å². The largest absolute Gasteiger partial charge is 0.479 e. The van der Waals surface area contributed by atoms with E-state index in [4.69, 9.17) is 5.11 Å². The fraction of sp³-hybridized carbons (Fsp3) is 0.375. The smallest absolute Gasteiger partial charge is 0.331 e. The summed E-state index contributed by atoms with van der Waals surface area (Å²) in [6.45, 7) is -0.633. The summed E-state index contributed by atoms with van der Waals surface area (Å²) in [5, 5.41) is 20.9. The number of nitrogens with one attached hydrogen (secondary N) is 1. The van der Waals surface area contributed by atoms with E-state index in [0.717, 1.165) is 4.47 Å². The second kappa shape index (κ2) is 6.64. The van der Waals surface area contributed by atoms with Crippen LogP contribution in [0, 0.1) is 10.1 Å². The summed E-state index contributed by atoms with van der Waals surface area (Å²) in [4.78, 5) is 25.6. The van der Waals surface area contributed by atoms with Gasteiger partial charge in [0.2, 0.25) is 0 Å². The van der Waals surface area contributed by atoms with Crippen molar-refractivity contribution in [1.82, 2.24) is 5.48 Å². The van der Waals surface area contributed by atoms with Crippen molar-refractivity contribution in [3.63, 3.8) is 0 Å².